The summed E-state index contributed by atoms with van der Waals surface area (Å²) < 4.78 is 1.60. The third kappa shape index (κ3) is 4.94. The molecule has 0 amide bonds. The Morgan fingerprint density at radius 2 is 1.81 bits per heavy atom. The van der Waals surface area contributed by atoms with Gasteiger partial charge in [-0.3, -0.25) is 0 Å². The van der Waals surface area contributed by atoms with E-state index in [4.69, 9.17) is 0 Å². The lowest BCUT2D eigenvalue weighted by molar-refractivity contribution is 0.747. The summed E-state index contributed by atoms with van der Waals surface area (Å²) in [5.74, 6) is 2.45. The Kier molecular flexibility index (Phi) is 6.59. The largest absolute Gasteiger partial charge is 0.354 e. The van der Waals surface area contributed by atoms with Gasteiger partial charge < -0.3 is 10.2 Å². The summed E-state index contributed by atoms with van der Waals surface area (Å²) in [7, 11) is 0. The zero-order valence-corrected chi connectivity index (χ0v) is 16.6. The van der Waals surface area contributed by atoms with Crippen LogP contribution in [0.5, 0.6) is 0 Å². The lowest BCUT2D eigenvalue weighted by Crippen LogP contribution is -2.25. The first kappa shape index (κ1) is 19.1. The van der Waals surface area contributed by atoms with Gasteiger partial charge in [0.05, 0.1) is 0 Å². The maximum Gasteiger partial charge on any atom is 0.258 e. The molecule has 0 unspecified atom stereocenters. The van der Waals surface area contributed by atoms with Crippen LogP contribution in [0.3, 0.4) is 0 Å². The van der Waals surface area contributed by atoms with Gasteiger partial charge in [0.1, 0.15) is 6.33 Å². The Bertz CT molecular complexity index is 848. The van der Waals surface area contributed by atoms with Crippen molar-refractivity contribution >= 4 is 23.7 Å². The summed E-state index contributed by atoms with van der Waals surface area (Å²) in [6, 6.07) is 10.3. The van der Waals surface area contributed by atoms with Crippen molar-refractivity contribution in [3.8, 4) is 5.95 Å². The molecule has 0 radical (unpaired) electrons. The molecule has 9 heteroatoms. The van der Waals surface area contributed by atoms with Gasteiger partial charge >= 0.3 is 0 Å². The smallest absolute Gasteiger partial charge is 0.258 e. The molecule has 1 N–H and O–H groups in total. The number of anilines is 2. The number of benzene rings is 1. The summed E-state index contributed by atoms with van der Waals surface area (Å²) in [5, 5.41) is 8.37. The van der Waals surface area contributed by atoms with Crippen LogP contribution >= 0.6 is 11.8 Å². The molecule has 0 bridgehead atoms. The van der Waals surface area contributed by atoms with Gasteiger partial charge in [-0.15, -0.1) is 5.10 Å². The van der Waals surface area contributed by atoms with Gasteiger partial charge in [0, 0.05) is 25.4 Å². The molecule has 0 spiro atoms. The van der Waals surface area contributed by atoms with Crippen LogP contribution < -0.4 is 10.2 Å². The zero-order chi connectivity index (χ0) is 19.1. The predicted molar refractivity (Wildman–Crippen MR) is 108 cm³/mol. The number of nitrogens with zero attached hydrogens (tertiary/aromatic N) is 7. The molecule has 142 valence electrons. The SMILES string of the molecule is CCNc1nc(N(CC)CC)nc(-n2cnc(SCc3ccccc3)n2)n1. The summed E-state index contributed by atoms with van der Waals surface area (Å²) in [5.41, 5.74) is 1.23. The summed E-state index contributed by atoms with van der Waals surface area (Å²) >= 11 is 1.58. The molecule has 27 heavy (non-hydrogen) atoms. The van der Waals surface area contributed by atoms with Gasteiger partial charge in [0.15, 0.2) is 0 Å². The van der Waals surface area contributed by atoms with E-state index in [0.717, 1.165) is 25.4 Å². The van der Waals surface area contributed by atoms with Crippen molar-refractivity contribution in [3.05, 3.63) is 42.2 Å². The lowest BCUT2D eigenvalue weighted by Gasteiger charge is -2.19. The van der Waals surface area contributed by atoms with Crippen LogP contribution in [0.4, 0.5) is 11.9 Å². The minimum absolute atomic E-state index is 0.460. The van der Waals surface area contributed by atoms with Crippen molar-refractivity contribution < 1.29 is 0 Å². The molecule has 8 nitrogen and oxygen atoms in total. The highest BCUT2D eigenvalue weighted by Crippen LogP contribution is 2.19. The second-order valence-corrected chi connectivity index (χ2v) is 6.65. The van der Waals surface area contributed by atoms with E-state index in [1.165, 1.54) is 5.56 Å². The molecule has 0 saturated carbocycles. The highest BCUT2D eigenvalue weighted by Gasteiger charge is 2.14. The molecule has 0 fully saturated rings. The number of thioether (sulfide) groups is 1. The topological polar surface area (TPSA) is 84.7 Å². The minimum atomic E-state index is 0.460. The fourth-order valence-electron chi connectivity index (χ4n) is 2.47. The van der Waals surface area contributed by atoms with Crippen molar-refractivity contribution in [3.63, 3.8) is 0 Å². The molecular formula is C18H24N8S. The fraction of sp³-hybridized carbons (Fsp3) is 0.389. The first-order chi connectivity index (χ1) is 13.2. The Hall–Kier alpha value is -2.68. The summed E-state index contributed by atoms with van der Waals surface area (Å²) in [6.07, 6.45) is 1.64. The van der Waals surface area contributed by atoms with Crippen LogP contribution in [0.25, 0.3) is 5.95 Å². The van der Waals surface area contributed by atoms with Crippen molar-refractivity contribution in [1.29, 1.82) is 0 Å². The van der Waals surface area contributed by atoms with Crippen LogP contribution in [0, 0.1) is 0 Å². The number of hydrogen-bond donors (Lipinski definition) is 1. The Morgan fingerprint density at radius 3 is 2.52 bits per heavy atom. The zero-order valence-electron chi connectivity index (χ0n) is 15.8. The standard InChI is InChI=1S/C18H24N8S/c1-4-19-15-21-16(25(5-2)6-3)23-17(22-15)26-13-20-18(24-26)27-12-14-10-8-7-9-11-14/h7-11,13H,4-6,12H2,1-3H3,(H,19,21,22,23). The maximum atomic E-state index is 4.57. The van der Waals surface area contributed by atoms with Gasteiger partial charge in [-0.2, -0.15) is 19.6 Å². The highest BCUT2D eigenvalue weighted by atomic mass is 32.2. The molecule has 0 aliphatic carbocycles. The van der Waals surface area contributed by atoms with Gasteiger partial charge in [-0.25, -0.2) is 4.98 Å². The van der Waals surface area contributed by atoms with Crippen molar-refractivity contribution in [2.45, 2.75) is 31.7 Å². The van der Waals surface area contributed by atoms with Crippen LogP contribution in [0.2, 0.25) is 0 Å². The van der Waals surface area contributed by atoms with Gasteiger partial charge in [0.2, 0.25) is 17.1 Å². The van der Waals surface area contributed by atoms with E-state index < -0.39 is 0 Å². The van der Waals surface area contributed by atoms with E-state index in [-0.39, 0.29) is 0 Å². The van der Waals surface area contributed by atoms with E-state index in [9.17, 15) is 0 Å². The number of nitrogens with one attached hydrogen (secondary N) is 1. The molecule has 3 rings (SSSR count). The van der Waals surface area contributed by atoms with Crippen LogP contribution in [0.1, 0.15) is 26.3 Å². The van der Waals surface area contributed by atoms with Crippen LogP contribution in [-0.4, -0.2) is 49.4 Å². The molecule has 0 atom stereocenters. The first-order valence-corrected chi connectivity index (χ1v) is 10.1. The Balaban J connectivity index is 1.81. The molecule has 3 aromatic rings. The quantitative estimate of drug-likeness (QED) is 0.564. The third-order valence-corrected chi connectivity index (χ3v) is 4.80. The van der Waals surface area contributed by atoms with Crippen molar-refractivity contribution in [2.75, 3.05) is 29.9 Å². The second kappa shape index (κ2) is 9.31. The van der Waals surface area contributed by atoms with E-state index in [2.05, 4.69) is 61.2 Å². The van der Waals surface area contributed by atoms with E-state index in [1.807, 2.05) is 25.1 Å². The monoisotopic (exact) mass is 384 g/mol. The number of hydrogen-bond acceptors (Lipinski definition) is 8. The van der Waals surface area contributed by atoms with E-state index in [1.54, 1.807) is 22.8 Å². The second-order valence-electron chi connectivity index (χ2n) is 5.71. The highest BCUT2D eigenvalue weighted by molar-refractivity contribution is 7.98. The Labute approximate surface area is 163 Å². The van der Waals surface area contributed by atoms with Gasteiger partial charge in [0.25, 0.3) is 5.95 Å². The molecule has 2 aromatic heterocycles. The maximum absolute atomic E-state index is 4.57. The van der Waals surface area contributed by atoms with Crippen molar-refractivity contribution in [2.24, 2.45) is 0 Å². The Morgan fingerprint density at radius 1 is 1.04 bits per heavy atom. The summed E-state index contributed by atoms with van der Waals surface area (Å²) in [6.45, 7) is 8.54. The average molecular weight is 385 g/mol. The molecule has 1 aromatic carbocycles. The van der Waals surface area contributed by atoms with Crippen LogP contribution in [-0.2, 0) is 5.75 Å². The fourth-order valence-corrected chi connectivity index (χ4v) is 3.23. The molecule has 2 heterocycles. The average Bonchev–Trinajstić information content (AvgIpc) is 3.17. The van der Waals surface area contributed by atoms with Gasteiger partial charge in [-0.05, 0) is 26.3 Å². The first-order valence-electron chi connectivity index (χ1n) is 9.07. The molecule has 0 aliphatic rings. The lowest BCUT2D eigenvalue weighted by atomic mass is 10.2. The third-order valence-electron chi connectivity index (χ3n) is 3.88. The van der Waals surface area contributed by atoms with Gasteiger partial charge in [-0.1, -0.05) is 42.1 Å². The van der Waals surface area contributed by atoms with E-state index in [0.29, 0.717) is 23.0 Å². The van der Waals surface area contributed by atoms with E-state index >= 15 is 0 Å². The molecular weight excluding hydrogens is 360 g/mol. The normalized spacial score (nSPS) is 10.8. The molecule has 0 aliphatic heterocycles. The molecule has 0 saturated heterocycles. The predicted octanol–water partition coefficient (Wildman–Crippen LogP) is 3.02. The number of rotatable bonds is 9. The minimum Gasteiger partial charge on any atom is -0.354 e. The summed E-state index contributed by atoms with van der Waals surface area (Å²) in [4.78, 5) is 20.0. The van der Waals surface area contributed by atoms with Crippen LogP contribution in [0.15, 0.2) is 41.8 Å². The van der Waals surface area contributed by atoms with Crippen molar-refractivity contribution in [1.82, 2.24) is 29.7 Å². The number of aromatic nitrogens is 6.